The minimum Gasteiger partial charge on any atom is -0.345 e. The molecule has 1 heterocycles. The van der Waals surface area contributed by atoms with Crippen LogP contribution in [-0.4, -0.2) is 53.3 Å². The van der Waals surface area contributed by atoms with Crippen LogP contribution in [0.2, 0.25) is 0 Å². The summed E-state index contributed by atoms with van der Waals surface area (Å²) in [7, 11) is 1.82. The Balaban J connectivity index is 1.81. The lowest BCUT2D eigenvalue weighted by Gasteiger charge is -2.20. The molecule has 1 aromatic rings. The average Bonchev–Trinajstić information content (AvgIpc) is 3.34. The molecule has 1 aliphatic rings. The Hall–Kier alpha value is -1.91. The first-order chi connectivity index (χ1) is 10.6. The maximum atomic E-state index is 12.4. The highest BCUT2D eigenvalue weighted by Crippen LogP contribution is 2.41. The van der Waals surface area contributed by atoms with Gasteiger partial charge in [0.05, 0.1) is 11.8 Å². The third-order valence-corrected chi connectivity index (χ3v) is 4.36. The minimum absolute atomic E-state index is 0.0968. The van der Waals surface area contributed by atoms with Crippen molar-refractivity contribution in [3.05, 3.63) is 30.1 Å². The van der Waals surface area contributed by atoms with Gasteiger partial charge in [0, 0.05) is 39.1 Å². The zero-order chi connectivity index (χ0) is 16.1. The monoisotopic (exact) mass is 303 g/mol. The van der Waals surface area contributed by atoms with Crippen molar-refractivity contribution in [1.29, 1.82) is 0 Å². The normalized spacial score (nSPS) is 19.6. The van der Waals surface area contributed by atoms with Crippen molar-refractivity contribution in [2.75, 3.05) is 26.7 Å². The molecular weight excluding hydrogens is 278 g/mol. The number of likely N-dealkylation sites (N-methyl/N-ethyl adjacent to an activating group) is 1. The van der Waals surface area contributed by atoms with Crippen LogP contribution in [0.4, 0.5) is 0 Å². The van der Waals surface area contributed by atoms with Crippen LogP contribution < -0.4 is 0 Å². The van der Waals surface area contributed by atoms with E-state index in [2.05, 4.69) is 4.98 Å². The number of nitrogens with zero attached hydrogens (tertiary/aromatic N) is 3. The lowest BCUT2D eigenvalue weighted by atomic mass is 10.2. The van der Waals surface area contributed by atoms with Crippen LogP contribution in [0, 0.1) is 11.8 Å². The zero-order valence-corrected chi connectivity index (χ0v) is 13.7. The van der Waals surface area contributed by atoms with E-state index in [-0.39, 0.29) is 23.7 Å². The Morgan fingerprint density at radius 3 is 2.32 bits per heavy atom. The molecule has 2 rings (SSSR count). The van der Waals surface area contributed by atoms with Crippen molar-refractivity contribution in [2.45, 2.75) is 26.7 Å². The predicted molar refractivity (Wildman–Crippen MR) is 85.1 cm³/mol. The smallest absolute Gasteiger partial charge is 0.226 e. The van der Waals surface area contributed by atoms with Crippen LogP contribution in [0.1, 0.15) is 25.8 Å². The third-order valence-electron chi connectivity index (χ3n) is 4.36. The van der Waals surface area contributed by atoms with Crippen LogP contribution in [0.25, 0.3) is 0 Å². The molecule has 5 heteroatoms. The second-order valence-corrected chi connectivity index (χ2v) is 5.82. The molecule has 0 aliphatic heterocycles. The van der Waals surface area contributed by atoms with Gasteiger partial charge in [0.15, 0.2) is 0 Å². The highest BCUT2D eigenvalue weighted by atomic mass is 16.2. The number of carbonyl (C=O) groups is 2. The van der Waals surface area contributed by atoms with E-state index >= 15 is 0 Å². The van der Waals surface area contributed by atoms with E-state index in [0.29, 0.717) is 26.1 Å². The number of carbonyl (C=O) groups excluding carboxylic acids is 2. The topological polar surface area (TPSA) is 53.5 Å². The minimum atomic E-state index is -0.115. The summed E-state index contributed by atoms with van der Waals surface area (Å²) < 4.78 is 0. The van der Waals surface area contributed by atoms with E-state index in [1.165, 1.54) is 5.56 Å². The largest absolute Gasteiger partial charge is 0.345 e. The number of rotatable bonds is 7. The SMILES string of the molecule is CCN(CC)C(=O)C1CC1C(=O)N(C)CCc1ccncc1. The van der Waals surface area contributed by atoms with E-state index < -0.39 is 0 Å². The van der Waals surface area contributed by atoms with E-state index in [1.807, 2.05) is 37.9 Å². The first kappa shape index (κ1) is 16.5. The molecule has 2 unspecified atom stereocenters. The molecule has 0 spiro atoms. The quantitative estimate of drug-likeness (QED) is 0.768. The molecule has 120 valence electrons. The van der Waals surface area contributed by atoms with E-state index in [9.17, 15) is 9.59 Å². The van der Waals surface area contributed by atoms with Crippen molar-refractivity contribution in [2.24, 2.45) is 11.8 Å². The first-order valence-corrected chi connectivity index (χ1v) is 8.01. The van der Waals surface area contributed by atoms with E-state index in [1.54, 1.807) is 17.3 Å². The van der Waals surface area contributed by atoms with Gasteiger partial charge in [0.25, 0.3) is 0 Å². The van der Waals surface area contributed by atoms with Gasteiger partial charge in [-0.1, -0.05) is 0 Å². The number of pyridine rings is 1. The number of hydrogen-bond acceptors (Lipinski definition) is 3. The van der Waals surface area contributed by atoms with Crippen LogP contribution in [0.3, 0.4) is 0 Å². The van der Waals surface area contributed by atoms with Crippen molar-refractivity contribution in [3.63, 3.8) is 0 Å². The van der Waals surface area contributed by atoms with Crippen LogP contribution in [-0.2, 0) is 16.0 Å². The molecule has 0 N–H and O–H groups in total. The molecule has 0 aromatic carbocycles. The van der Waals surface area contributed by atoms with Gasteiger partial charge in [-0.2, -0.15) is 0 Å². The Morgan fingerprint density at radius 2 is 1.73 bits per heavy atom. The Morgan fingerprint density at radius 1 is 1.14 bits per heavy atom. The van der Waals surface area contributed by atoms with Gasteiger partial charge in [0.2, 0.25) is 11.8 Å². The molecule has 1 saturated carbocycles. The molecule has 5 nitrogen and oxygen atoms in total. The first-order valence-electron chi connectivity index (χ1n) is 8.01. The number of hydrogen-bond donors (Lipinski definition) is 0. The summed E-state index contributed by atoms with van der Waals surface area (Å²) in [6.45, 7) is 6.05. The Kier molecular flexibility index (Phi) is 5.52. The molecule has 1 fully saturated rings. The maximum absolute atomic E-state index is 12.4. The molecule has 22 heavy (non-hydrogen) atoms. The van der Waals surface area contributed by atoms with E-state index in [4.69, 9.17) is 0 Å². The predicted octanol–water partition coefficient (Wildman–Crippen LogP) is 1.59. The van der Waals surface area contributed by atoms with Crippen LogP contribution in [0.5, 0.6) is 0 Å². The summed E-state index contributed by atoms with van der Waals surface area (Å²) in [4.78, 5) is 32.2. The standard InChI is InChI=1S/C17H25N3O2/c1-4-20(5-2)17(22)15-12-14(15)16(21)19(3)11-8-13-6-9-18-10-7-13/h6-7,9-10,14-15H,4-5,8,11-12H2,1-3H3. The van der Waals surface area contributed by atoms with Crippen molar-refractivity contribution in [3.8, 4) is 0 Å². The number of amides is 2. The Labute approximate surface area is 132 Å². The average molecular weight is 303 g/mol. The fourth-order valence-corrected chi connectivity index (χ4v) is 2.75. The lowest BCUT2D eigenvalue weighted by Crippen LogP contribution is -2.35. The highest BCUT2D eigenvalue weighted by Gasteiger charge is 2.49. The summed E-state index contributed by atoms with van der Waals surface area (Å²) in [6, 6.07) is 3.92. The summed E-state index contributed by atoms with van der Waals surface area (Å²) in [5.41, 5.74) is 1.17. The zero-order valence-electron chi connectivity index (χ0n) is 13.7. The fourth-order valence-electron chi connectivity index (χ4n) is 2.75. The molecule has 0 saturated heterocycles. The second-order valence-electron chi connectivity index (χ2n) is 5.82. The van der Waals surface area contributed by atoms with Gasteiger partial charge >= 0.3 is 0 Å². The molecule has 1 aromatic heterocycles. The molecule has 2 atom stereocenters. The number of aromatic nitrogens is 1. The fraction of sp³-hybridized carbons (Fsp3) is 0.588. The molecule has 0 radical (unpaired) electrons. The molecule has 0 bridgehead atoms. The second kappa shape index (κ2) is 7.38. The van der Waals surface area contributed by atoms with Gasteiger partial charge in [-0.3, -0.25) is 14.6 Å². The van der Waals surface area contributed by atoms with Crippen molar-refractivity contribution in [1.82, 2.24) is 14.8 Å². The molecule has 1 aliphatic carbocycles. The van der Waals surface area contributed by atoms with Gasteiger partial charge in [-0.15, -0.1) is 0 Å². The summed E-state index contributed by atoms with van der Waals surface area (Å²) in [5.74, 6) is 0.0109. The van der Waals surface area contributed by atoms with Crippen molar-refractivity contribution < 1.29 is 9.59 Å². The van der Waals surface area contributed by atoms with Gasteiger partial charge in [0.1, 0.15) is 0 Å². The van der Waals surface area contributed by atoms with Crippen LogP contribution >= 0.6 is 0 Å². The summed E-state index contributed by atoms with van der Waals surface area (Å²) >= 11 is 0. The summed E-state index contributed by atoms with van der Waals surface area (Å²) in [5, 5.41) is 0. The molecular formula is C17H25N3O2. The molecule has 2 amide bonds. The third kappa shape index (κ3) is 3.84. The lowest BCUT2D eigenvalue weighted by molar-refractivity contribution is -0.137. The summed E-state index contributed by atoms with van der Waals surface area (Å²) in [6.07, 6.45) is 5.04. The van der Waals surface area contributed by atoms with Crippen molar-refractivity contribution >= 4 is 11.8 Å². The maximum Gasteiger partial charge on any atom is 0.226 e. The Bertz CT molecular complexity index is 514. The van der Waals surface area contributed by atoms with Gasteiger partial charge in [-0.05, 0) is 44.4 Å². The van der Waals surface area contributed by atoms with E-state index in [0.717, 1.165) is 6.42 Å². The van der Waals surface area contributed by atoms with Gasteiger partial charge in [-0.25, -0.2) is 0 Å². The highest BCUT2D eigenvalue weighted by molar-refractivity contribution is 5.92. The van der Waals surface area contributed by atoms with Gasteiger partial charge < -0.3 is 9.80 Å². The van der Waals surface area contributed by atoms with Crippen LogP contribution in [0.15, 0.2) is 24.5 Å².